The molecule has 1 amide bonds. The second kappa shape index (κ2) is 6.73. The number of rotatable bonds is 4. The number of H-pyrrole nitrogens is 1. The molecule has 0 spiro atoms. The maximum atomic E-state index is 11.9. The predicted molar refractivity (Wildman–Crippen MR) is 110 cm³/mol. The standard InChI is InChI=1S/C19H20BrN7O/c20-10-7-24-19(25-8-10)27-12-1-2-13(27)6-11(5-12)26-16-14-3-4-22-18(14)23-9-15(16)17(21)28/h3-4,7-9,11-13H,1-2,5-6H2,(H2,21,28)(H2,22,23,26)/t11?,12-,13+. The lowest BCUT2D eigenvalue weighted by Crippen LogP contribution is -2.47. The van der Waals surface area contributed by atoms with Crippen LogP contribution in [0.1, 0.15) is 36.0 Å². The minimum absolute atomic E-state index is 0.253. The predicted octanol–water partition coefficient (Wildman–Crippen LogP) is 2.83. The van der Waals surface area contributed by atoms with Crippen LogP contribution >= 0.6 is 15.9 Å². The van der Waals surface area contributed by atoms with E-state index in [0.29, 0.717) is 17.6 Å². The Labute approximate surface area is 170 Å². The number of aromatic nitrogens is 4. The van der Waals surface area contributed by atoms with Crippen LogP contribution in [0.3, 0.4) is 0 Å². The van der Waals surface area contributed by atoms with Crippen molar-refractivity contribution < 1.29 is 4.79 Å². The van der Waals surface area contributed by atoms with Crippen LogP contribution in [0, 0.1) is 0 Å². The van der Waals surface area contributed by atoms with E-state index in [1.54, 1.807) is 18.6 Å². The molecule has 2 aliphatic rings. The number of halogens is 1. The third kappa shape index (κ3) is 2.90. The van der Waals surface area contributed by atoms with Gasteiger partial charge in [-0.1, -0.05) is 0 Å². The zero-order chi connectivity index (χ0) is 19.3. The number of nitrogens with one attached hydrogen (secondary N) is 2. The van der Waals surface area contributed by atoms with Gasteiger partial charge in [0.2, 0.25) is 5.95 Å². The fourth-order valence-electron chi connectivity index (χ4n) is 4.61. The maximum absolute atomic E-state index is 11.9. The second-order valence-corrected chi connectivity index (χ2v) is 8.37. The Hall–Kier alpha value is -2.68. The molecule has 2 fully saturated rings. The van der Waals surface area contributed by atoms with E-state index in [9.17, 15) is 4.79 Å². The molecule has 3 aromatic heterocycles. The molecular formula is C19H20BrN7O. The van der Waals surface area contributed by atoms with Crippen molar-refractivity contribution >= 4 is 44.5 Å². The van der Waals surface area contributed by atoms with E-state index >= 15 is 0 Å². The Balaban J connectivity index is 1.41. The number of piperidine rings is 1. The first-order valence-electron chi connectivity index (χ1n) is 9.38. The van der Waals surface area contributed by atoms with Crippen molar-refractivity contribution in [3.63, 3.8) is 0 Å². The van der Waals surface area contributed by atoms with Crippen LogP contribution in [0.4, 0.5) is 11.6 Å². The summed E-state index contributed by atoms with van der Waals surface area (Å²) in [6.07, 6.45) is 11.1. The molecule has 0 aromatic carbocycles. The molecule has 144 valence electrons. The first kappa shape index (κ1) is 17.4. The molecule has 2 saturated heterocycles. The van der Waals surface area contributed by atoms with E-state index in [2.05, 4.69) is 46.1 Å². The van der Waals surface area contributed by atoms with Crippen molar-refractivity contribution in [1.29, 1.82) is 0 Å². The highest BCUT2D eigenvalue weighted by Gasteiger charge is 2.42. The number of amides is 1. The van der Waals surface area contributed by atoms with E-state index in [1.807, 2.05) is 12.3 Å². The largest absolute Gasteiger partial charge is 0.381 e. The smallest absolute Gasteiger partial charge is 0.252 e. The summed E-state index contributed by atoms with van der Waals surface area (Å²) in [7, 11) is 0. The molecule has 8 nitrogen and oxygen atoms in total. The van der Waals surface area contributed by atoms with Crippen molar-refractivity contribution in [2.24, 2.45) is 5.73 Å². The molecule has 3 atom stereocenters. The van der Waals surface area contributed by atoms with Crippen LogP contribution in [-0.2, 0) is 0 Å². The monoisotopic (exact) mass is 441 g/mol. The Morgan fingerprint density at radius 2 is 1.89 bits per heavy atom. The SMILES string of the molecule is NC(=O)c1cnc2[nH]ccc2c1NC1C[C@H]2CC[C@@H](C1)N2c1ncc(Br)cn1. The number of aromatic amines is 1. The minimum Gasteiger partial charge on any atom is -0.381 e. The van der Waals surface area contributed by atoms with Crippen LogP contribution in [0.5, 0.6) is 0 Å². The van der Waals surface area contributed by atoms with Crippen molar-refractivity contribution in [2.45, 2.75) is 43.8 Å². The summed E-state index contributed by atoms with van der Waals surface area (Å²) in [6.45, 7) is 0. The third-order valence-corrected chi connectivity index (χ3v) is 6.18. The molecule has 28 heavy (non-hydrogen) atoms. The van der Waals surface area contributed by atoms with Crippen LogP contribution in [0.25, 0.3) is 11.0 Å². The normalized spacial score (nSPS) is 23.9. The van der Waals surface area contributed by atoms with Gasteiger partial charge in [-0.25, -0.2) is 15.0 Å². The molecule has 5 rings (SSSR count). The van der Waals surface area contributed by atoms with Gasteiger partial charge in [-0.05, 0) is 47.7 Å². The Morgan fingerprint density at radius 1 is 1.18 bits per heavy atom. The van der Waals surface area contributed by atoms with Crippen LogP contribution < -0.4 is 16.0 Å². The Kier molecular flexibility index (Phi) is 4.19. The number of primary amides is 1. The number of nitrogens with two attached hydrogens (primary N) is 1. The van der Waals surface area contributed by atoms with Gasteiger partial charge < -0.3 is 20.9 Å². The highest BCUT2D eigenvalue weighted by molar-refractivity contribution is 9.10. The van der Waals surface area contributed by atoms with E-state index < -0.39 is 5.91 Å². The molecule has 1 unspecified atom stereocenters. The van der Waals surface area contributed by atoms with Gasteiger partial charge in [0, 0.05) is 48.3 Å². The zero-order valence-electron chi connectivity index (χ0n) is 15.1. The minimum atomic E-state index is -0.471. The van der Waals surface area contributed by atoms with Crippen LogP contribution in [0.2, 0.25) is 0 Å². The molecular weight excluding hydrogens is 422 g/mol. The summed E-state index contributed by atoms with van der Waals surface area (Å²) in [5.41, 5.74) is 7.55. The second-order valence-electron chi connectivity index (χ2n) is 7.46. The number of nitrogens with zero attached hydrogens (tertiary/aromatic N) is 4. The Morgan fingerprint density at radius 3 is 2.57 bits per heavy atom. The van der Waals surface area contributed by atoms with E-state index in [0.717, 1.165) is 52.8 Å². The number of carbonyl (C=O) groups is 1. The van der Waals surface area contributed by atoms with Crippen molar-refractivity contribution in [3.8, 4) is 0 Å². The molecule has 5 heterocycles. The first-order chi connectivity index (χ1) is 13.6. The summed E-state index contributed by atoms with van der Waals surface area (Å²) in [6, 6.07) is 2.95. The van der Waals surface area contributed by atoms with Gasteiger partial charge in [0.15, 0.2) is 0 Å². The highest BCUT2D eigenvalue weighted by Crippen LogP contribution is 2.39. The fraction of sp³-hybridized carbons (Fsp3) is 0.368. The zero-order valence-corrected chi connectivity index (χ0v) is 16.7. The first-order valence-corrected chi connectivity index (χ1v) is 10.2. The summed E-state index contributed by atoms with van der Waals surface area (Å²) in [4.78, 5) is 30.7. The Bertz CT molecular complexity index is 1020. The summed E-state index contributed by atoms with van der Waals surface area (Å²) in [5.74, 6) is 0.325. The van der Waals surface area contributed by atoms with Crippen LogP contribution in [0.15, 0.2) is 35.3 Å². The molecule has 2 aliphatic heterocycles. The number of hydrogen-bond acceptors (Lipinski definition) is 6. The average Bonchev–Trinajstić information content (AvgIpc) is 3.25. The molecule has 9 heteroatoms. The van der Waals surface area contributed by atoms with E-state index in [1.165, 1.54) is 0 Å². The number of carbonyl (C=O) groups excluding carboxylic acids is 1. The quantitative estimate of drug-likeness (QED) is 0.573. The number of fused-ring (bicyclic) bond motifs is 3. The summed E-state index contributed by atoms with van der Waals surface area (Å²) < 4.78 is 0.882. The maximum Gasteiger partial charge on any atom is 0.252 e. The lowest BCUT2D eigenvalue weighted by molar-refractivity contribution is 0.100. The third-order valence-electron chi connectivity index (χ3n) is 5.77. The van der Waals surface area contributed by atoms with E-state index in [4.69, 9.17) is 5.73 Å². The topological polar surface area (TPSA) is 113 Å². The molecule has 0 aliphatic carbocycles. The molecule has 4 N–H and O–H groups in total. The molecule has 0 radical (unpaired) electrons. The van der Waals surface area contributed by atoms with Gasteiger partial charge >= 0.3 is 0 Å². The fourth-order valence-corrected chi connectivity index (χ4v) is 4.82. The van der Waals surface area contributed by atoms with Crippen molar-refractivity contribution in [3.05, 3.63) is 40.9 Å². The molecule has 3 aromatic rings. The van der Waals surface area contributed by atoms with Gasteiger partial charge in [0.25, 0.3) is 5.91 Å². The van der Waals surface area contributed by atoms with Crippen LogP contribution in [-0.4, -0.2) is 44.0 Å². The van der Waals surface area contributed by atoms with Gasteiger partial charge in [-0.15, -0.1) is 0 Å². The van der Waals surface area contributed by atoms with Crippen molar-refractivity contribution in [2.75, 3.05) is 10.2 Å². The van der Waals surface area contributed by atoms with Gasteiger partial charge in [-0.2, -0.15) is 0 Å². The number of hydrogen-bond donors (Lipinski definition) is 3. The number of anilines is 2. The lowest BCUT2D eigenvalue weighted by Gasteiger charge is -2.39. The highest BCUT2D eigenvalue weighted by atomic mass is 79.9. The lowest BCUT2D eigenvalue weighted by atomic mass is 9.96. The van der Waals surface area contributed by atoms with E-state index in [-0.39, 0.29) is 6.04 Å². The molecule has 0 saturated carbocycles. The van der Waals surface area contributed by atoms with Gasteiger partial charge in [0.05, 0.1) is 15.7 Å². The molecule has 2 bridgehead atoms. The average molecular weight is 442 g/mol. The number of pyridine rings is 1. The summed E-state index contributed by atoms with van der Waals surface area (Å²) in [5, 5.41) is 4.50. The van der Waals surface area contributed by atoms with Crippen molar-refractivity contribution in [1.82, 2.24) is 19.9 Å². The summed E-state index contributed by atoms with van der Waals surface area (Å²) >= 11 is 3.40. The van der Waals surface area contributed by atoms with Gasteiger partial charge in [0.1, 0.15) is 5.65 Å². The van der Waals surface area contributed by atoms with Gasteiger partial charge in [-0.3, -0.25) is 4.79 Å².